The van der Waals surface area contributed by atoms with E-state index < -0.39 is 5.97 Å². The van der Waals surface area contributed by atoms with E-state index in [1.807, 2.05) is 66.9 Å². The standard InChI is InChI=1S/C26H21ClN2O2/c1-2-19(20-6-3-4-8-23(20)27)26(21-7-5-9-24-22(21)16-28-29-24)18-13-10-17(11-14-18)12-15-25(30)31/h3-16H,2H2,1H3,(H,28,29)(H,30,31). The van der Waals surface area contributed by atoms with Crippen LogP contribution in [0, 0.1) is 0 Å². The van der Waals surface area contributed by atoms with Crippen LogP contribution in [0.1, 0.15) is 35.6 Å². The Morgan fingerprint density at radius 1 is 1.03 bits per heavy atom. The molecule has 0 bridgehead atoms. The van der Waals surface area contributed by atoms with Gasteiger partial charge in [-0.3, -0.25) is 5.10 Å². The summed E-state index contributed by atoms with van der Waals surface area (Å²) >= 11 is 6.59. The fraction of sp³-hybridized carbons (Fsp3) is 0.0769. The molecule has 3 aromatic carbocycles. The van der Waals surface area contributed by atoms with Crippen LogP contribution in [0.3, 0.4) is 0 Å². The number of fused-ring (bicyclic) bond motifs is 1. The molecular formula is C26H21ClN2O2. The molecule has 0 amide bonds. The summed E-state index contributed by atoms with van der Waals surface area (Å²) < 4.78 is 0. The topological polar surface area (TPSA) is 66.0 Å². The monoisotopic (exact) mass is 428 g/mol. The van der Waals surface area contributed by atoms with Gasteiger partial charge in [0.1, 0.15) is 0 Å². The fourth-order valence-electron chi connectivity index (χ4n) is 3.81. The van der Waals surface area contributed by atoms with Crippen molar-refractivity contribution in [3.63, 3.8) is 0 Å². The zero-order valence-electron chi connectivity index (χ0n) is 17.0. The molecule has 2 N–H and O–H groups in total. The van der Waals surface area contributed by atoms with E-state index in [0.29, 0.717) is 5.02 Å². The van der Waals surface area contributed by atoms with Crippen molar-refractivity contribution in [1.82, 2.24) is 10.2 Å². The number of benzene rings is 3. The molecule has 154 valence electrons. The minimum Gasteiger partial charge on any atom is -0.478 e. The van der Waals surface area contributed by atoms with Gasteiger partial charge < -0.3 is 5.11 Å². The minimum atomic E-state index is -0.969. The van der Waals surface area contributed by atoms with E-state index in [9.17, 15) is 4.79 Å². The number of carboxylic acid groups (broad SMARTS) is 1. The number of carbonyl (C=O) groups is 1. The number of nitrogens with zero attached hydrogens (tertiary/aromatic N) is 1. The summed E-state index contributed by atoms with van der Waals surface area (Å²) in [6.45, 7) is 2.12. The number of aliphatic carboxylic acids is 1. The first-order valence-electron chi connectivity index (χ1n) is 10.0. The predicted molar refractivity (Wildman–Crippen MR) is 127 cm³/mol. The zero-order chi connectivity index (χ0) is 21.8. The maximum Gasteiger partial charge on any atom is 0.328 e. The summed E-state index contributed by atoms with van der Waals surface area (Å²) in [6.07, 6.45) is 5.35. The summed E-state index contributed by atoms with van der Waals surface area (Å²) in [7, 11) is 0. The Hall–Kier alpha value is -3.63. The molecule has 0 aliphatic heterocycles. The Morgan fingerprint density at radius 2 is 1.77 bits per heavy atom. The van der Waals surface area contributed by atoms with Gasteiger partial charge in [-0.05, 0) is 58.0 Å². The number of aromatic amines is 1. The second kappa shape index (κ2) is 9.02. The largest absolute Gasteiger partial charge is 0.478 e. The second-order valence-corrected chi connectivity index (χ2v) is 7.52. The second-order valence-electron chi connectivity index (χ2n) is 7.12. The molecule has 0 unspecified atom stereocenters. The van der Waals surface area contributed by atoms with Crippen molar-refractivity contribution in [1.29, 1.82) is 0 Å². The molecule has 0 spiro atoms. The molecule has 0 aliphatic carbocycles. The molecule has 0 aliphatic rings. The summed E-state index contributed by atoms with van der Waals surface area (Å²) in [5, 5.41) is 17.9. The number of nitrogens with one attached hydrogen (secondary N) is 1. The lowest BCUT2D eigenvalue weighted by molar-refractivity contribution is -0.131. The molecule has 4 rings (SSSR count). The maximum absolute atomic E-state index is 10.8. The Bertz CT molecular complexity index is 1300. The first-order chi connectivity index (χ1) is 15.1. The predicted octanol–water partition coefficient (Wildman–Crippen LogP) is 6.68. The third kappa shape index (κ3) is 4.30. The number of halogens is 1. The van der Waals surface area contributed by atoms with Gasteiger partial charge in [-0.15, -0.1) is 0 Å². The maximum atomic E-state index is 10.8. The highest BCUT2D eigenvalue weighted by Gasteiger charge is 2.17. The van der Waals surface area contributed by atoms with Crippen LogP contribution in [0.4, 0.5) is 0 Å². The Kier molecular flexibility index (Phi) is 6.01. The van der Waals surface area contributed by atoms with Crippen LogP contribution in [-0.4, -0.2) is 21.3 Å². The fourth-order valence-corrected chi connectivity index (χ4v) is 4.06. The van der Waals surface area contributed by atoms with E-state index in [4.69, 9.17) is 16.7 Å². The lowest BCUT2D eigenvalue weighted by Gasteiger charge is -2.18. The van der Waals surface area contributed by atoms with Crippen LogP contribution in [0.2, 0.25) is 5.02 Å². The molecule has 4 aromatic rings. The van der Waals surface area contributed by atoms with Crippen molar-refractivity contribution < 1.29 is 9.90 Å². The van der Waals surface area contributed by atoms with Gasteiger partial charge >= 0.3 is 5.97 Å². The summed E-state index contributed by atoms with van der Waals surface area (Å²) in [6, 6.07) is 21.9. The highest BCUT2D eigenvalue weighted by Crippen LogP contribution is 2.39. The van der Waals surface area contributed by atoms with Crippen molar-refractivity contribution in [3.05, 3.63) is 106 Å². The molecular weight excluding hydrogens is 408 g/mol. The molecule has 0 atom stereocenters. The lowest BCUT2D eigenvalue weighted by Crippen LogP contribution is -1.96. The van der Waals surface area contributed by atoms with Crippen LogP contribution in [0.5, 0.6) is 0 Å². The van der Waals surface area contributed by atoms with Gasteiger partial charge in [-0.1, -0.05) is 73.1 Å². The van der Waals surface area contributed by atoms with Crippen LogP contribution in [-0.2, 0) is 4.79 Å². The molecule has 0 saturated carbocycles. The molecule has 0 saturated heterocycles. The molecule has 31 heavy (non-hydrogen) atoms. The average molecular weight is 429 g/mol. The van der Waals surface area contributed by atoms with E-state index >= 15 is 0 Å². The quantitative estimate of drug-likeness (QED) is 0.266. The number of hydrogen-bond acceptors (Lipinski definition) is 2. The van der Waals surface area contributed by atoms with E-state index in [1.165, 1.54) is 0 Å². The summed E-state index contributed by atoms with van der Waals surface area (Å²) in [5.41, 5.74) is 7.09. The summed E-state index contributed by atoms with van der Waals surface area (Å²) in [5.74, 6) is -0.969. The molecule has 0 fully saturated rings. The van der Waals surface area contributed by atoms with Crippen molar-refractivity contribution in [3.8, 4) is 0 Å². The van der Waals surface area contributed by atoms with Crippen molar-refractivity contribution >= 4 is 45.7 Å². The number of allylic oxidation sites excluding steroid dienone is 1. The molecule has 4 nitrogen and oxygen atoms in total. The molecule has 1 heterocycles. The number of aromatic nitrogens is 2. The van der Waals surface area contributed by atoms with Crippen LogP contribution in [0.25, 0.3) is 28.1 Å². The van der Waals surface area contributed by atoms with Crippen LogP contribution < -0.4 is 0 Å². The van der Waals surface area contributed by atoms with Crippen molar-refractivity contribution in [2.24, 2.45) is 0 Å². The van der Waals surface area contributed by atoms with Gasteiger partial charge in [-0.2, -0.15) is 5.10 Å². The van der Waals surface area contributed by atoms with Gasteiger partial charge in [0.25, 0.3) is 0 Å². The third-order valence-corrected chi connectivity index (χ3v) is 5.56. The van der Waals surface area contributed by atoms with Gasteiger partial charge in [0, 0.05) is 16.5 Å². The van der Waals surface area contributed by atoms with Gasteiger partial charge in [0.15, 0.2) is 0 Å². The van der Waals surface area contributed by atoms with Gasteiger partial charge in [-0.25, -0.2) is 4.79 Å². The summed E-state index contributed by atoms with van der Waals surface area (Å²) in [4.78, 5) is 10.8. The van der Waals surface area contributed by atoms with Crippen LogP contribution in [0.15, 0.2) is 79.0 Å². The molecule has 0 radical (unpaired) electrons. The number of hydrogen-bond donors (Lipinski definition) is 2. The average Bonchev–Trinajstić information content (AvgIpc) is 3.26. The number of carboxylic acids is 1. The number of rotatable bonds is 6. The van der Waals surface area contributed by atoms with Gasteiger partial charge in [0.05, 0.1) is 11.7 Å². The van der Waals surface area contributed by atoms with E-state index in [-0.39, 0.29) is 0 Å². The van der Waals surface area contributed by atoms with E-state index in [0.717, 1.165) is 56.8 Å². The Balaban J connectivity index is 1.97. The first-order valence-corrected chi connectivity index (χ1v) is 10.4. The minimum absolute atomic E-state index is 0.706. The smallest absolute Gasteiger partial charge is 0.328 e. The van der Waals surface area contributed by atoms with E-state index in [2.05, 4.69) is 23.2 Å². The van der Waals surface area contributed by atoms with Crippen molar-refractivity contribution in [2.75, 3.05) is 0 Å². The Labute approximate surface area is 185 Å². The highest BCUT2D eigenvalue weighted by molar-refractivity contribution is 6.32. The van der Waals surface area contributed by atoms with Crippen LogP contribution >= 0.6 is 11.6 Å². The lowest BCUT2D eigenvalue weighted by atomic mass is 9.86. The Morgan fingerprint density at radius 3 is 2.48 bits per heavy atom. The first kappa shape index (κ1) is 20.6. The van der Waals surface area contributed by atoms with Crippen molar-refractivity contribution in [2.45, 2.75) is 13.3 Å². The molecule has 5 heteroatoms. The highest BCUT2D eigenvalue weighted by atomic mass is 35.5. The molecule has 1 aromatic heterocycles. The third-order valence-electron chi connectivity index (χ3n) is 5.23. The normalized spacial score (nSPS) is 12.3. The van der Waals surface area contributed by atoms with E-state index in [1.54, 1.807) is 6.08 Å². The number of H-pyrrole nitrogens is 1. The van der Waals surface area contributed by atoms with Gasteiger partial charge in [0.2, 0.25) is 0 Å². The zero-order valence-corrected chi connectivity index (χ0v) is 17.7. The SMILES string of the molecule is CCC(=C(c1ccc(C=CC(=O)O)cc1)c1cccc2[nH]ncc12)c1ccccc1Cl.